The molecule has 0 saturated heterocycles. The molecule has 0 aliphatic carbocycles. The lowest BCUT2D eigenvalue weighted by molar-refractivity contribution is 0.482. The molecule has 0 aromatic heterocycles. The third-order valence-electron chi connectivity index (χ3n) is 3.65. The molecule has 0 bridgehead atoms. The fraction of sp³-hybridized carbons (Fsp3) is 0.294. The minimum absolute atomic E-state index is 0.321. The zero-order valence-corrected chi connectivity index (χ0v) is 12.2. The van der Waals surface area contributed by atoms with Crippen LogP contribution in [-0.4, -0.2) is 7.05 Å². The summed E-state index contributed by atoms with van der Waals surface area (Å²) < 4.78 is 28.0. The first-order valence-corrected chi connectivity index (χ1v) is 6.64. The molecule has 3 heteroatoms. The number of halogens is 2. The standard InChI is InChI=1S/C17H19F2N/c1-10-5-6-11(2)14(9-10)17(20-4)13-8-7-12(3)15(18)16(13)19/h5-9,17,20H,1-4H3. The molecule has 0 radical (unpaired) electrons. The first-order valence-electron chi connectivity index (χ1n) is 6.64. The SMILES string of the molecule is CNC(c1cc(C)ccc1C)c1ccc(C)c(F)c1F. The summed E-state index contributed by atoms with van der Waals surface area (Å²) in [5.74, 6) is -1.54. The lowest BCUT2D eigenvalue weighted by Crippen LogP contribution is -2.20. The minimum Gasteiger partial charge on any atom is -0.309 e. The van der Waals surface area contributed by atoms with E-state index in [1.54, 1.807) is 26.1 Å². The van der Waals surface area contributed by atoms with Gasteiger partial charge >= 0.3 is 0 Å². The predicted molar refractivity (Wildman–Crippen MR) is 77.9 cm³/mol. The molecule has 0 aliphatic heterocycles. The van der Waals surface area contributed by atoms with E-state index in [1.807, 2.05) is 32.0 Å². The zero-order chi connectivity index (χ0) is 14.9. The van der Waals surface area contributed by atoms with Gasteiger partial charge in [0, 0.05) is 5.56 Å². The lowest BCUT2D eigenvalue weighted by Gasteiger charge is -2.21. The fourth-order valence-corrected chi connectivity index (χ4v) is 2.43. The van der Waals surface area contributed by atoms with Crippen molar-refractivity contribution < 1.29 is 8.78 Å². The van der Waals surface area contributed by atoms with Gasteiger partial charge in [-0.2, -0.15) is 0 Å². The minimum atomic E-state index is -0.773. The molecule has 1 unspecified atom stereocenters. The van der Waals surface area contributed by atoms with E-state index in [0.717, 1.165) is 16.7 Å². The summed E-state index contributed by atoms with van der Waals surface area (Å²) in [6.07, 6.45) is 0. The number of nitrogens with one attached hydrogen (secondary N) is 1. The maximum absolute atomic E-state index is 14.2. The molecule has 2 aromatic carbocycles. The summed E-state index contributed by atoms with van der Waals surface area (Å²) in [6, 6.07) is 8.92. The van der Waals surface area contributed by atoms with E-state index in [0.29, 0.717) is 11.1 Å². The third kappa shape index (κ3) is 2.59. The van der Waals surface area contributed by atoms with E-state index in [4.69, 9.17) is 0 Å². The monoisotopic (exact) mass is 275 g/mol. The Labute approximate surface area is 118 Å². The number of rotatable bonds is 3. The van der Waals surface area contributed by atoms with Gasteiger partial charge < -0.3 is 5.32 Å². The fourth-order valence-electron chi connectivity index (χ4n) is 2.43. The van der Waals surface area contributed by atoms with Crippen molar-refractivity contribution in [3.05, 3.63) is 69.8 Å². The number of hydrogen-bond donors (Lipinski definition) is 1. The maximum atomic E-state index is 14.2. The molecule has 2 aromatic rings. The van der Waals surface area contributed by atoms with Crippen molar-refractivity contribution in [3.8, 4) is 0 Å². The molecule has 1 N–H and O–H groups in total. The van der Waals surface area contributed by atoms with Crippen LogP contribution in [-0.2, 0) is 0 Å². The second-order valence-corrected chi connectivity index (χ2v) is 5.18. The quantitative estimate of drug-likeness (QED) is 0.885. The van der Waals surface area contributed by atoms with Crippen LogP contribution in [0, 0.1) is 32.4 Å². The Kier molecular flexibility index (Phi) is 4.19. The third-order valence-corrected chi connectivity index (χ3v) is 3.65. The first-order chi connectivity index (χ1) is 9.45. The van der Waals surface area contributed by atoms with Crippen molar-refractivity contribution in [2.45, 2.75) is 26.8 Å². The van der Waals surface area contributed by atoms with Gasteiger partial charge in [0.15, 0.2) is 11.6 Å². The van der Waals surface area contributed by atoms with E-state index in [-0.39, 0.29) is 6.04 Å². The highest BCUT2D eigenvalue weighted by Gasteiger charge is 2.21. The Morgan fingerprint density at radius 2 is 1.50 bits per heavy atom. The number of aryl methyl sites for hydroxylation is 3. The van der Waals surface area contributed by atoms with Gasteiger partial charge in [-0.05, 0) is 44.5 Å². The van der Waals surface area contributed by atoms with Crippen LogP contribution in [0.25, 0.3) is 0 Å². The van der Waals surface area contributed by atoms with E-state index >= 15 is 0 Å². The van der Waals surface area contributed by atoms with Gasteiger partial charge in [-0.15, -0.1) is 0 Å². The molecular formula is C17H19F2N. The van der Waals surface area contributed by atoms with Crippen molar-refractivity contribution in [1.82, 2.24) is 5.32 Å². The van der Waals surface area contributed by atoms with E-state index in [2.05, 4.69) is 5.32 Å². The Morgan fingerprint density at radius 1 is 0.850 bits per heavy atom. The highest BCUT2D eigenvalue weighted by atomic mass is 19.2. The van der Waals surface area contributed by atoms with Gasteiger partial charge in [-0.1, -0.05) is 35.9 Å². The van der Waals surface area contributed by atoms with Gasteiger partial charge in [-0.25, -0.2) is 8.78 Å². The molecule has 2 rings (SSSR count). The van der Waals surface area contributed by atoms with Crippen LogP contribution < -0.4 is 5.32 Å². The summed E-state index contributed by atoms with van der Waals surface area (Å²) in [7, 11) is 1.75. The summed E-state index contributed by atoms with van der Waals surface area (Å²) in [6.45, 7) is 5.53. The van der Waals surface area contributed by atoms with E-state index in [1.165, 1.54) is 0 Å². The molecule has 0 spiro atoms. The second-order valence-electron chi connectivity index (χ2n) is 5.18. The molecule has 0 heterocycles. The van der Waals surface area contributed by atoms with Gasteiger partial charge in [0.05, 0.1) is 6.04 Å². The summed E-state index contributed by atoms with van der Waals surface area (Å²) >= 11 is 0. The molecule has 1 atom stereocenters. The highest BCUT2D eigenvalue weighted by Crippen LogP contribution is 2.29. The van der Waals surface area contributed by atoms with Gasteiger partial charge in [0.1, 0.15) is 0 Å². The van der Waals surface area contributed by atoms with Crippen molar-refractivity contribution in [3.63, 3.8) is 0 Å². The first kappa shape index (κ1) is 14.7. The van der Waals surface area contributed by atoms with Gasteiger partial charge in [0.25, 0.3) is 0 Å². The lowest BCUT2D eigenvalue weighted by atomic mass is 9.92. The van der Waals surface area contributed by atoms with Crippen LogP contribution in [0.2, 0.25) is 0 Å². The summed E-state index contributed by atoms with van der Waals surface area (Å²) in [4.78, 5) is 0. The van der Waals surface area contributed by atoms with Crippen LogP contribution >= 0.6 is 0 Å². The molecule has 20 heavy (non-hydrogen) atoms. The molecular weight excluding hydrogens is 256 g/mol. The second kappa shape index (κ2) is 5.71. The summed E-state index contributed by atoms with van der Waals surface area (Å²) in [5.41, 5.74) is 3.77. The molecule has 1 nitrogen and oxygen atoms in total. The molecule has 0 aliphatic rings. The topological polar surface area (TPSA) is 12.0 Å². The van der Waals surface area contributed by atoms with Gasteiger partial charge in [0.2, 0.25) is 0 Å². The van der Waals surface area contributed by atoms with Crippen molar-refractivity contribution >= 4 is 0 Å². The Bertz CT molecular complexity index is 635. The van der Waals surface area contributed by atoms with E-state index < -0.39 is 11.6 Å². The van der Waals surface area contributed by atoms with Crippen LogP contribution in [0.3, 0.4) is 0 Å². The highest BCUT2D eigenvalue weighted by molar-refractivity contribution is 5.40. The average molecular weight is 275 g/mol. The maximum Gasteiger partial charge on any atom is 0.164 e. The van der Waals surface area contributed by atoms with Gasteiger partial charge in [-0.3, -0.25) is 0 Å². The van der Waals surface area contributed by atoms with Crippen molar-refractivity contribution in [2.75, 3.05) is 7.05 Å². The van der Waals surface area contributed by atoms with Crippen LogP contribution in [0.1, 0.15) is 33.9 Å². The molecule has 0 amide bonds. The van der Waals surface area contributed by atoms with Crippen LogP contribution in [0.15, 0.2) is 30.3 Å². The smallest absolute Gasteiger partial charge is 0.164 e. The van der Waals surface area contributed by atoms with Crippen molar-refractivity contribution in [1.29, 1.82) is 0 Å². The zero-order valence-electron chi connectivity index (χ0n) is 12.2. The number of benzene rings is 2. The largest absolute Gasteiger partial charge is 0.309 e. The van der Waals surface area contributed by atoms with Crippen LogP contribution in [0.4, 0.5) is 8.78 Å². The normalized spacial score (nSPS) is 12.5. The van der Waals surface area contributed by atoms with Crippen molar-refractivity contribution in [2.24, 2.45) is 0 Å². The molecule has 106 valence electrons. The number of hydrogen-bond acceptors (Lipinski definition) is 1. The molecule has 0 saturated carbocycles. The Morgan fingerprint density at radius 3 is 2.15 bits per heavy atom. The molecule has 0 fully saturated rings. The Balaban J connectivity index is 2.58. The summed E-state index contributed by atoms with van der Waals surface area (Å²) in [5, 5.41) is 3.08. The predicted octanol–water partition coefficient (Wildman–Crippen LogP) is 4.20. The average Bonchev–Trinajstić information content (AvgIpc) is 2.43. The Hall–Kier alpha value is -1.74. The van der Waals surface area contributed by atoms with E-state index in [9.17, 15) is 8.78 Å². The van der Waals surface area contributed by atoms with Crippen LogP contribution in [0.5, 0.6) is 0 Å².